The van der Waals surface area contributed by atoms with Crippen LogP contribution in [-0.2, 0) is 4.79 Å². The molecule has 0 unspecified atom stereocenters. The molecular weight excluding hydrogens is 289 g/mol. The van der Waals surface area contributed by atoms with Gasteiger partial charge in [-0.05, 0) is 31.0 Å². The van der Waals surface area contributed by atoms with Crippen molar-refractivity contribution in [3.8, 4) is 0 Å². The molecule has 0 aromatic heterocycles. The molecule has 3 rings (SSSR count). The second kappa shape index (κ2) is 5.40. The molecule has 116 valence electrons. The molecule has 7 heteroatoms. The van der Waals surface area contributed by atoms with Gasteiger partial charge < -0.3 is 5.32 Å². The molecule has 1 aliphatic heterocycles. The molecule has 22 heavy (non-hydrogen) atoms. The number of rotatable bonds is 2. The summed E-state index contributed by atoms with van der Waals surface area (Å²) in [6.45, 7) is 0. The van der Waals surface area contributed by atoms with E-state index in [1.807, 2.05) is 0 Å². The Balaban J connectivity index is 1.76. The zero-order valence-electron chi connectivity index (χ0n) is 11.9. The summed E-state index contributed by atoms with van der Waals surface area (Å²) in [5.41, 5.74) is 1.41. The van der Waals surface area contributed by atoms with Gasteiger partial charge in [0.2, 0.25) is 0 Å². The molecule has 1 heterocycles. The van der Waals surface area contributed by atoms with Crippen LogP contribution in [-0.4, -0.2) is 28.4 Å². The maximum atomic E-state index is 13.1. The van der Waals surface area contributed by atoms with Crippen LogP contribution in [0.25, 0.3) is 0 Å². The van der Waals surface area contributed by atoms with E-state index >= 15 is 0 Å². The van der Waals surface area contributed by atoms with Gasteiger partial charge in [-0.2, -0.15) is 5.01 Å². The number of carbonyl (C=O) groups excluding carboxylic acids is 3. The highest BCUT2D eigenvalue weighted by Gasteiger charge is 2.52. The Bertz CT molecular complexity index is 641. The van der Waals surface area contributed by atoms with E-state index in [9.17, 15) is 18.8 Å². The molecule has 1 aromatic rings. The van der Waals surface area contributed by atoms with E-state index in [-0.39, 0.29) is 5.56 Å². The van der Waals surface area contributed by atoms with Crippen molar-refractivity contribution in [1.82, 2.24) is 15.8 Å². The zero-order valence-corrected chi connectivity index (χ0v) is 11.9. The highest BCUT2D eigenvalue weighted by Crippen LogP contribution is 2.33. The van der Waals surface area contributed by atoms with Crippen LogP contribution in [0.1, 0.15) is 42.5 Å². The van der Waals surface area contributed by atoms with Crippen molar-refractivity contribution in [2.45, 2.75) is 37.6 Å². The Labute approximate surface area is 126 Å². The maximum absolute atomic E-state index is 13.1. The summed E-state index contributed by atoms with van der Waals surface area (Å²) in [4.78, 5) is 36.5. The van der Waals surface area contributed by atoms with Gasteiger partial charge in [0.1, 0.15) is 11.4 Å². The minimum absolute atomic E-state index is 0.0465. The van der Waals surface area contributed by atoms with Crippen LogP contribution < -0.4 is 10.7 Å². The highest BCUT2D eigenvalue weighted by molar-refractivity contribution is 6.09. The summed E-state index contributed by atoms with van der Waals surface area (Å²) >= 11 is 0. The number of hydrazine groups is 1. The maximum Gasteiger partial charge on any atom is 0.344 e. The molecule has 1 spiro atoms. The van der Waals surface area contributed by atoms with Crippen molar-refractivity contribution in [3.05, 3.63) is 35.6 Å². The topological polar surface area (TPSA) is 78.5 Å². The summed E-state index contributed by atoms with van der Waals surface area (Å²) in [6.07, 6.45) is 3.89. The molecule has 0 bridgehead atoms. The fourth-order valence-corrected chi connectivity index (χ4v) is 3.01. The monoisotopic (exact) mass is 305 g/mol. The van der Waals surface area contributed by atoms with E-state index in [1.165, 1.54) is 18.2 Å². The van der Waals surface area contributed by atoms with Gasteiger partial charge in [0.15, 0.2) is 0 Å². The molecule has 1 aliphatic carbocycles. The van der Waals surface area contributed by atoms with Crippen molar-refractivity contribution in [2.24, 2.45) is 0 Å². The van der Waals surface area contributed by atoms with E-state index in [1.54, 1.807) is 0 Å². The quantitative estimate of drug-likeness (QED) is 0.817. The molecular formula is C15H16FN3O3. The standard InChI is InChI=1S/C15H16FN3O3/c16-11-6-4-5-10(9-11)12(20)18-19-13(21)15(17-14(19)22)7-2-1-3-8-15/h4-6,9H,1-3,7-8H2,(H,17,22)(H,18,20). The number of urea groups is 1. The first-order valence-electron chi connectivity index (χ1n) is 7.25. The van der Waals surface area contributed by atoms with E-state index in [2.05, 4.69) is 10.7 Å². The third-order valence-electron chi connectivity index (χ3n) is 4.17. The van der Waals surface area contributed by atoms with Gasteiger partial charge in [-0.3, -0.25) is 15.0 Å². The number of nitrogens with one attached hydrogen (secondary N) is 2. The van der Waals surface area contributed by atoms with Crippen molar-refractivity contribution in [2.75, 3.05) is 0 Å². The normalized spacial score (nSPS) is 20.1. The third kappa shape index (κ3) is 2.43. The fraction of sp³-hybridized carbons (Fsp3) is 0.400. The van der Waals surface area contributed by atoms with Crippen molar-refractivity contribution >= 4 is 17.8 Å². The van der Waals surface area contributed by atoms with Crippen LogP contribution >= 0.6 is 0 Å². The highest BCUT2D eigenvalue weighted by atomic mass is 19.1. The Hall–Kier alpha value is -2.44. The molecule has 1 saturated carbocycles. The van der Waals surface area contributed by atoms with Gasteiger partial charge in [-0.15, -0.1) is 0 Å². The number of benzene rings is 1. The Kier molecular flexibility index (Phi) is 3.56. The summed E-state index contributed by atoms with van der Waals surface area (Å²) in [6, 6.07) is 4.41. The number of imide groups is 1. The zero-order chi connectivity index (χ0) is 15.7. The molecule has 0 radical (unpaired) electrons. The fourth-order valence-electron chi connectivity index (χ4n) is 3.01. The van der Waals surface area contributed by atoms with Crippen LogP contribution in [0.5, 0.6) is 0 Å². The number of nitrogens with zero attached hydrogens (tertiary/aromatic N) is 1. The van der Waals surface area contributed by atoms with Crippen LogP contribution in [0.4, 0.5) is 9.18 Å². The van der Waals surface area contributed by atoms with Crippen molar-refractivity contribution < 1.29 is 18.8 Å². The number of carbonyl (C=O) groups is 3. The number of halogens is 1. The lowest BCUT2D eigenvalue weighted by Gasteiger charge is -2.30. The predicted octanol–water partition coefficient (Wildman–Crippen LogP) is 1.73. The van der Waals surface area contributed by atoms with Gasteiger partial charge in [0, 0.05) is 5.56 Å². The Morgan fingerprint density at radius 3 is 2.64 bits per heavy atom. The molecule has 4 amide bonds. The SMILES string of the molecule is O=C(NN1C(=O)NC2(CCCCC2)C1=O)c1cccc(F)c1. The van der Waals surface area contributed by atoms with Crippen LogP contribution in [0.3, 0.4) is 0 Å². The van der Waals surface area contributed by atoms with Gasteiger partial charge in [-0.25, -0.2) is 9.18 Å². The minimum Gasteiger partial charge on any atom is -0.322 e. The number of hydrogen-bond acceptors (Lipinski definition) is 3. The smallest absolute Gasteiger partial charge is 0.322 e. The molecule has 1 saturated heterocycles. The number of hydrogen-bond donors (Lipinski definition) is 2. The third-order valence-corrected chi connectivity index (χ3v) is 4.17. The largest absolute Gasteiger partial charge is 0.344 e. The number of amides is 4. The lowest BCUT2D eigenvalue weighted by molar-refractivity contribution is -0.134. The summed E-state index contributed by atoms with van der Waals surface area (Å²) in [5.74, 6) is -1.70. The average Bonchev–Trinajstić information content (AvgIpc) is 2.72. The summed E-state index contributed by atoms with van der Waals surface area (Å²) < 4.78 is 13.1. The van der Waals surface area contributed by atoms with Crippen LogP contribution in [0.2, 0.25) is 0 Å². The second-order valence-electron chi connectivity index (χ2n) is 5.66. The van der Waals surface area contributed by atoms with Crippen molar-refractivity contribution in [1.29, 1.82) is 0 Å². The van der Waals surface area contributed by atoms with Gasteiger partial charge in [-0.1, -0.05) is 25.3 Å². The van der Waals surface area contributed by atoms with Gasteiger partial charge in [0.25, 0.3) is 11.8 Å². The lowest BCUT2D eigenvalue weighted by Crippen LogP contribution is -2.50. The van der Waals surface area contributed by atoms with Crippen molar-refractivity contribution in [3.63, 3.8) is 0 Å². The van der Waals surface area contributed by atoms with Gasteiger partial charge in [0.05, 0.1) is 0 Å². The summed E-state index contributed by atoms with van der Waals surface area (Å²) in [5, 5.41) is 3.39. The van der Waals surface area contributed by atoms with E-state index in [4.69, 9.17) is 0 Å². The van der Waals surface area contributed by atoms with E-state index < -0.39 is 29.2 Å². The Morgan fingerprint density at radius 2 is 1.95 bits per heavy atom. The summed E-state index contributed by atoms with van der Waals surface area (Å²) in [7, 11) is 0. The first-order valence-corrected chi connectivity index (χ1v) is 7.25. The van der Waals surface area contributed by atoms with E-state index in [0.717, 1.165) is 25.3 Å². The van der Waals surface area contributed by atoms with E-state index in [0.29, 0.717) is 17.9 Å². The first kappa shape index (κ1) is 14.5. The Morgan fingerprint density at radius 1 is 1.23 bits per heavy atom. The second-order valence-corrected chi connectivity index (χ2v) is 5.66. The molecule has 2 fully saturated rings. The predicted molar refractivity (Wildman–Crippen MR) is 75.1 cm³/mol. The molecule has 2 N–H and O–H groups in total. The first-order chi connectivity index (χ1) is 10.5. The van der Waals surface area contributed by atoms with Gasteiger partial charge >= 0.3 is 6.03 Å². The van der Waals surface area contributed by atoms with Crippen LogP contribution in [0, 0.1) is 5.82 Å². The molecule has 6 nitrogen and oxygen atoms in total. The molecule has 0 atom stereocenters. The molecule has 1 aromatic carbocycles. The minimum atomic E-state index is -0.898. The lowest BCUT2D eigenvalue weighted by atomic mass is 9.82. The average molecular weight is 305 g/mol. The van der Waals surface area contributed by atoms with Crippen LogP contribution in [0.15, 0.2) is 24.3 Å². The molecule has 2 aliphatic rings.